The number of anilines is 1. The van der Waals surface area contributed by atoms with Crippen LogP contribution in [0.1, 0.15) is 39.2 Å². The molecule has 0 atom stereocenters. The largest absolute Gasteiger partial charge is 0.493 e. The third-order valence-electron chi connectivity index (χ3n) is 4.71. The smallest absolute Gasteiger partial charge is 0.422 e. The lowest BCUT2D eigenvalue weighted by Gasteiger charge is -2.31. The van der Waals surface area contributed by atoms with E-state index < -0.39 is 21.8 Å². The van der Waals surface area contributed by atoms with Crippen molar-refractivity contribution < 1.29 is 27.8 Å². The number of unbranched alkanes of at least 4 members (excludes halogenated alkanes) is 1. The number of carboxylic acid groups (broad SMARTS) is 1. The van der Waals surface area contributed by atoms with Crippen molar-refractivity contribution in [2.75, 3.05) is 32.6 Å². The number of ether oxygens (including phenoxy) is 2. The first-order valence-electron chi connectivity index (χ1n) is 10.2. The van der Waals surface area contributed by atoms with Crippen LogP contribution in [0, 0.1) is 11.3 Å². The zero-order valence-corrected chi connectivity index (χ0v) is 20.1. The summed E-state index contributed by atoms with van der Waals surface area (Å²) in [5.41, 5.74) is 0.461. The summed E-state index contributed by atoms with van der Waals surface area (Å²) in [5, 5.41) is 22.7. The maximum absolute atomic E-state index is 12.4. The Hall–Kier alpha value is -3.30. The number of carbonyl (C=O) groups is 1. The van der Waals surface area contributed by atoms with Crippen molar-refractivity contribution in [2.45, 2.75) is 39.2 Å². The van der Waals surface area contributed by atoms with Gasteiger partial charge >= 0.3 is 16.3 Å². The number of hydrogen-bond acceptors (Lipinski definition) is 8. The Morgan fingerprint density at radius 1 is 1.18 bits per heavy atom. The predicted molar refractivity (Wildman–Crippen MR) is 124 cm³/mol. The van der Waals surface area contributed by atoms with Crippen LogP contribution in [-0.2, 0) is 10.2 Å². The van der Waals surface area contributed by atoms with Gasteiger partial charge in [-0.2, -0.15) is 22.7 Å². The van der Waals surface area contributed by atoms with Crippen molar-refractivity contribution in [1.29, 1.82) is 5.26 Å². The fourth-order valence-corrected chi connectivity index (χ4v) is 4.73. The first kappa shape index (κ1) is 26.0. The van der Waals surface area contributed by atoms with E-state index in [2.05, 4.69) is 21.1 Å². The molecule has 0 spiro atoms. The monoisotopic (exact) mass is 479 g/mol. The van der Waals surface area contributed by atoms with Crippen molar-refractivity contribution >= 4 is 32.9 Å². The highest BCUT2D eigenvalue weighted by Crippen LogP contribution is 2.35. The molecule has 0 fully saturated rings. The van der Waals surface area contributed by atoms with Crippen LogP contribution in [0.25, 0.3) is 10.9 Å². The number of hydrogen-bond donors (Lipinski definition) is 3. The second-order valence-corrected chi connectivity index (χ2v) is 9.74. The van der Waals surface area contributed by atoms with E-state index in [1.165, 1.54) is 41.2 Å². The molecule has 0 aliphatic carbocycles. The average molecular weight is 480 g/mol. The van der Waals surface area contributed by atoms with E-state index in [4.69, 9.17) is 9.47 Å². The van der Waals surface area contributed by atoms with Crippen LogP contribution >= 0.6 is 0 Å². The second kappa shape index (κ2) is 10.5. The van der Waals surface area contributed by atoms with E-state index in [0.717, 1.165) is 0 Å². The third-order valence-corrected chi connectivity index (χ3v) is 6.46. The number of amides is 1. The molecule has 1 aromatic heterocycles. The van der Waals surface area contributed by atoms with Crippen LogP contribution in [0.3, 0.4) is 0 Å². The van der Waals surface area contributed by atoms with E-state index in [-0.39, 0.29) is 6.54 Å². The Morgan fingerprint density at radius 2 is 1.79 bits per heavy atom. The Morgan fingerprint density at radius 3 is 2.33 bits per heavy atom. The molecule has 12 heteroatoms. The normalized spacial score (nSPS) is 11.6. The van der Waals surface area contributed by atoms with Gasteiger partial charge in [-0.05, 0) is 39.7 Å². The highest BCUT2D eigenvalue weighted by Gasteiger charge is 2.36. The maximum atomic E-state index is 12.4. The molecule has 180 valence electrons. The van der Waals surface area contributed by atoms with Crippen LogP contribution in [0.15, 0.2) is 18.3 Å². The quantitative estimate of drug-likeness (QED) is 0.436. The molecule has 0 saturated carbocycles. The van der Waals surface area contributed by atoms with Crippen molar-refractivity contribution in [1.82, 2.24) is 14.0 Å². The Kier molecular flexibility index (Phi) is 8.29. The standard InChI is InChI=1S/C21H29N5O6S/c1-21(2,3)26(20(27)28)33(29,30)25-9-7-6-8-23-19-14(12-22)13-24-16-11-18(32-5)17(31-4)10-15(16)19/h10-11,13,25H,6-9H2,1-5H3,(H,23,24)(H,27,28). The third kappa shape index (κ3) is 6.15. The van der Waals surface area contributed by atoms with Gasteiger partial charge in [0.05, 0.1) is 36.5 Å². The van der Waals surface area contributed by atoms with Crippen molar-refractivity contribution in [3.63, 3.8) is 0 Å². The number of nitriles is 1. The van der Waals surface area contributed by atoms with Crippen LogP contribution in [0.2, 0.25) is 0 Å². The molecule has 1 aromatic carbocycles. The van der Waals surface area contributed by atoms with Gasteiger partial charge in [0.2, 0.25) is 0 Å². The van der Waals surface area contributed by atoms with Crippen molar-refractivity contribution in [3.05, 3.63) is 23.9 Å². The zero-order valence-electron chi connectivity index (χ0n) is 19.3. The predicted octanol–water partition coefficient (Wildman–Crippen LogP) is 2.93. The van der Waals surface area contributed by atoms with E-state index >= 15 is 0 Å². The molecule has 33 heavy (non-hydrogen) atoms. The molecule has 11 nitrogen and oxygen atoms in total. The molecule has 1 heterocycles. The number of nitrogens with one attached hydrogen (secondary N) is 2. The van der Waals surface area contributed by atoms with Gasteiger partial charge in [0.25, 0.3) is 0 Å². The maximum Gasteiger partial charge on any atom is 0.422 e. The molecule has 0 aliphatic rings. The topological polar surface area (TPSA) is 154 Å². The molecule has 2 rings (SSSR count). The van der Waals surface area contributed by atoms with Gasteiger partial charge in [0, 0.05) is 30.7 Å². The molecule has 0 unspecified atom stereocenters. The van der Waals surface area contributed by atoms with E-state index in [0.29, 0.717) is 57.3 Å². The van der Waals surface area contributed by atoms with E-state index in [1.807, 2.05) is 0 Å². The van der Waals surface area contributed by atoms with Gasteiger partial charge < -0.3 is 19.9 Å². The molecule has 0 saturated heterocycles. The van der Waals surface area contributed by atoms with E-state index in [9.17, 15) is 23.6 Å². The number of benzene rings is 1. The average Bonchev–Trinajstić information content (AvgIpc) is 2.73. The van der Waals surface area contributed by atoms with E-state index in [1.54, 1.807) is 12.1 Å². The number of pyridine rings is 1. The van der Waals surface area contributed by atoms with Crippen molar-refractivity contribution in [2.24, 2.45) is 0 Å². The van der Waals surface area contributed by atoms with Crippen LogP contribution < -0.4 is 19.5 Å². The number of rotatable bonds is 10. The van der Waals surface area contributed by atoms with Gasteiger partial charge in [-0.25, -0.2) is 4.79 Å². The fourth-order valence-electron chi connectivity index (χ4n) is 3.27. The van der Waals surface area contributed by atoms with Gasteiger partial charge in [-0.1, -0.05) is 0 Å². The number of fused-ring (bicyclic) bond motifs is 1. The molecule has 0 radical (unpaired) electrons. The summed E-state index contributed by atoms with van der Waals surface area (Å²) in [7, 11) is -1.14. The molecule has 1 amide bonds. The molecular weight excluding hydrogens is 450 g/mol. The number of aromatic nitrogens is 1. The Balaban J connectivity index is 2.05. The minimum absolute atomic E-state index is 0.0666. The molecular formula is C21H29N5O6S. The van der Waals surface area contributed by atoms with Crippen LogP contribution in [-0.4, -0.2) is 61.8 Å². The highest BCUT2D eigenvalue weighted by atomic mass is 32.2. The zero-order chi connectivity index (χ0) is 24.8. The summed E-state index contributed by atoms with van der Waals surface area (Å²) in [5.74, 6) is 1.02. The first-order chi connectivity index (χ1) is 15.5. The lowest BCUT2D eigenvalue weighted by molar-refractivity contribution is 0.145. The Bertz CT molecular complexity index is 1150. The minimum atomic E-state index is -4.19. The van der Waals surface area contributed by atoms with Gasteiger partial charge in [0.15, 0.2) is 11.5 Å². The summed E-state index contributed by atoms with van der Waals surface area (Å²) in [4.78, 5) is 15.7. The summed E-state index contributed by atoms with van der Waals surface area (Å²) in [6.07, 6.45) is 0.939. The SMILES string of the molecule is COc1cc2ncc(C#N)c(NCCCCNS(=O)(=O)N(C(=O)O)C(C)(C)C)c2cc1OC. The number of methoxy groups -OCH3 is 2. The van der Waals surface area contributed by atoms with Crippen LogP contribution in [0.5, 0.6) is 11.5 Å². The highest BCUT2D eigenvalue weighted by molar-refractivity contribution is 7.87. The van der Waals surface area contributed by atoms with Gasteiger partial charge in [0.1, 0.15) is 6.07 Å². The van der Waals surface area contributed by atoms with Gasteiger partial charge in [-0.3, -0.25) is 4.98 Å². The molecule has 2 aromatic rings. The summed E-state index contributed by atoms with van der Waals surface area (Å²) in [6, 6.07) is 5.58. The van der Waals surface area contributed by atoms with Gasteiger partial charge in [-0.15, -0.1) is 0 Å². The lowest BCUT2D eigenvalue weighted by Crippen LogP contribution is -2.53. The lowest BCUT2D eigenvalue weighted by atomic mass is 10.1. The summed E-state index contributed by atoms with van der Waals surface area (Å²) < 4.78 is 38.1. The Labute approximate surface area is 193 Å². The first-order valence-corrected chi connectivity index (χ1v) is 11.6. The summed E-state index contributed by atoms with van der Waals surface area (Å²) in [6.45, 7) is 5.02. The minimum Gasteiger partial charge on any atom is -0.493 e. The molecule has 3 N–H and O–H groups in total. The van der Waals surface area contributed by atoms with Crippen molar-refractivity contribution in [3.8, 4) is 17.6 Å². The second-order valence-electron chi connectivity index (χ2n) is 8.13. The number of nitrogens with zero attached hydrogens (tertiary/aromatic N) is 3. The fraction of sp³-hybridized carbons (Fsp3) is 0.476. The summed E-state index contributed by atoms with van der Waals surface area (Å²) >= 11 is 0. The molecule has 0 bridgehead atoms. The van der Waals surface area contributed by atoms with Crippen LogP contribution in [0.4, 0.5) is 10.5 Å². The molecule has 0 aliphatic heterocycles.